The van der Waals surface area contributed by atoms with Gasteiger partial charge in [0, 0.05) is 12.2 Å². The molecule has 1 unspecified atom stereocenters. The van der Waals surface area contributed by atoms with Crippen LogP contribution in [0.15, 0.2) is 48.5 Å². The zero-order valence-corrected chi connectivity index (χ0v) is 13.0. The van der Waals surface area contributed by atoms with E-state index in [1.807, 2.05) is 0 Å². The molecule has 0 aromatic heterocycles. The minimum absolute atomic E-state index is 0.0542. The van der Waals surface area contributed by atoms with Gasteiger partial charge in [-0.05, 0) is 43.3 Å². The molecule has 128 valence electrons. The number of aliphatic hydroxyl groups excluding tert-OH is 1. The summed E-state index contributed by atoms with van der Waals surface area (Å²) >= 11 is 0. The van der Waals surface area contributed by atoms with E-state index < -0.39 is 12.7 Å². The molecule has 0 saturated heterocycles. The first-order chi connectivity index (χ1) is 11.5. The van der Waals surface area contributed by atoms with Gasteiger partial charge in [0.1, 0.15) is 5.75 Å². The minimum Gasteiger partial charge on any atom is -0.435 e. The summed E-state index contributed by atoms with van der Waals surface area (Å²) in [6, 6.07) is 12.8. The third kappa shape index (κ3) is 5.20. The number of amides is 1. The Labute approximate surface area is 138 Å². The maximum absolute atomic E-state index is 12.2. The zero-order valence-electron chi connectivity index (χ0n) is 13.0. The Kier molecular flexibility index (Phi) is 6.08. The van der Waals surface area contributed by atoms with Crippen LogP contribution < -0.4 is 15.4 Å². The monoisotopic (exact) mass is 336 g/mol. The molecular formula is C17H18F2N2O3. The number of carbonyl (C=O) groups excluding carboxylic acids is 1. The Bertz CT molecular complexity index is 676. The van der Waals surface area contributed by atoms with Crippen molar-refractivity contribution in [3.63, 3.8) is 0 Å². The number of hydrogen-bond acceptors (Lipinski definition) is 4. The van der Waals surface area contributed by atoms with Crippen LogP contribution in [-0.4, -0.2) is 30.3 Å². The van der Waals surface area contributed by atoms with Crippen molar-refractivity contribution in [3.8, 4) is 5.75 Å². The summed E-state index contributed by atoms with van der Waals surface area (Å²) in [4.78, 5) is 12.2. The lowest BCUT2D eigenvalue weighted by Gasteiger charge is -2.13. The third-order valence-corrected chi connectivity index (χ3v) is 3.09. The van der Waals surface area contributed by atoms with Gasteiger partial charge in [-0.1, -0.05) is 12.1 Å². The first-order valence-corrected chi connectivity index (χ1v) is 7.33. The first kappa shape index (κ1) is 17.7. The smallest absolute Gasteiger partial charge is 0.387 e. The van der Waals surface area contributed by atoms with E-state index in [0.717, 1.165) is 0 Å². The Morgan fingerprint density at radius 1 is 1.17 bits per heavy atom. The van der Waals surface area contributed by atoms with Crippen molar-refractivity contribution in [1.29, 1.82) is 0 Å². The number of para-hydroxylation sites is 1. The van der Waals surface area contributed by atoms with Crippen molar-refractivity contribution in [2.45, 2.75) is 19.6 Å². The van der Waals surface area contributed by atoms with E-state index in [4.69, 9.17) is 0 Å². The largest absolute Gasteiger partial charge is 0.435 e. The van der Waals surface area contributed by atoms with Crippen LogP contribution in [0.1, 0.15) is 17.3 Å². The number of nitrogens with one attached hydrogen (secondary N) is 2. The van der Waals surface area contributed by atoms with Crippen LogP contribution in [0.4, 0.5) is 20.2 Å². The molecule has 0 aliphatic carbocycles. The van der Waals surface area contributed by atoms with E-state index in [1.54, 1.807) is 43.3 Å². The van der Waals surface area contributed by atoms with Gasteiger partial charge in [-0.25, -0.2) is 0 Å². The highest BCUT2D eigenvalue weighted by Crippen LogP contribution is 2.23. The predicted molar refractivity (Wildman–Crippen MR) is 86.8 cm³/mol. The minimum atomic E-state index is -2.87. The molecule has 24 heavy (non-hydrogen) atoms. The third-order valence-electron chi connectivity index (χ3n) is 3.09. The first-order valence-electron chi connectivity index (χ1n) is 7.33. The number of carbonyl (C=O) groups is 1. The Morgan fingerprint density at radius 2 is 1.83 bits per heavy atom. The van der Waals surface area contributed by atoms with E-state index in [0.29, 0.717) is 16.9 Å². The van der Waals surface area contributed by atoms with Gasteiger partial charge in [-0.15, -0.1) is 0 Å². The number of aliphatic hydroxyl groups is 1. The van der Waals surface area contributed by atoms with Gasteiger partial charge >= 0.3 is 6.61 Å². The summed E-state index contributed by atoms with van der Waals surface area (Å²) in [7, 11) is 0. The maximum Gasteiger partial charge on any atom is 0.387 e. The Morgan fingerprint density at radius 3 is 2.46 bits per heavy atom. The summed E-state index contributed by atoms with van der Waals surface area (Å²) in [5.74, 6) is -0.268. The molecule has 0 fully saturated rings. The molecule has 0 heterocycles. The van der Waals surface area contributed by atoms with E-state index in [9.17, 15) is 18.7 Å². The van der Waals surface area contributed by atoms with Crippen molar-refractivity contribution in [3.05, 3.63) is 54.1 Å². The molecule has 2 aromatic carbocycles. The summed E-state index contributed by atoms with van der Waals surface area (Å²) in [6.45, 7) is -1.15. The summed E-state index contributed by atoms with van der Waals surface area (Å²) in [5.41, 5.74) is 1.58. The van der Waals surface area contributed by atoms with Gasteiger partial charge in [-0.3, -0.25) is 4.79 Å². The van der Waals surface area contributed by atoms with Crippen LogP contribution in [-0.2, 0) is 0 Å². The van der Waals surface area contributed by atoms with E-state index in [2.05, 4.69) is 15.4 Å². The van der Waals surface area contributed by atoms with Crippen LogP contribution in [0.5, 0.6) is 5.75 Å². The average molecular weight is 336 g/mol. The molecule has 7 heteroatoms. The lowest BCUT2D eigenvalue weighted by atomic mass is 10.1. The second-order valence-corrected chi connectivity index (χ2v) is 5.13. The Balaban J connectivity index is 2.11. The number of benzene rings is 2. The molecule has 2 rings (SSSR count). The number of alkyl halides is 2. The van der Waals surface area contributed by atoms with E-state index in [1.165, 1.54) is 12.1 Å². The molecule has 0 radical (unpaired) electrons. The Hall–Kier alpha value is -2.67. The van der Waals surface area contributed by atoms with Gasteiger partial charge < -0.3 is 20.5 Å². The van der Waals surface area contributed by atoms with Crippen molar-refractivity contribution in [2.24, 2.45) is 0 Å². The molecule has 0 spiro atoms. The lowest BCUT2D eigenvalue weighted by Crippen LogP contribution is -2.30. The second-order valence-electron chi connectivity index (χ2n) is 5.13. The normalized spacial score (nSPS) is 11.9. The molecule has 1 atom stereocenters. The fourth-order valence-electron chi connectivity index (χ4n) is 2.00. The lowest BCUT2D eigenvalue weighted by molar-refractivity contribution is -0.0498. The van der Waals surface area contributed by atoms with Gasteiger partial charge in [0.05, 0.1) is 17.4 Å². The molecule has 2 aromatic rings. The highest BCUT2D eigenvalue weighted by atomic mass is 19.3. The van der Waals surface area contributed by atoms with Crippen LogP contribution in [0.2, 0.25) is 0 Å². The topological polar surface area (TPSA) is 70.6 Å². The second kappa shape index (κ2) is 8.26. The molecule has 0 saturated carbocycles. The quantitative estimate of drug-likeness (QED) is 0.726. The van der Waals surface area contributed by atoms with Gasteiger partial charge in [0.25, 0.3) is 5.91 Å². The average Bonchev–Trinajstić information content (AvgIpc) is 2.54. The van der Waals surface area contributed by atoms with Crippen molar-refractivity contribution in [1.82, 2.24) is 5.32 Å². The number of ether oxygens (including phenoxy) is 1. The number of anilines is 2. The number of hydrogen-bond donors (Lipinski definition) is 3. The summed E-state index contributed by atoms with van der Waals surface area (Å²) in [6.07, 6.45) is -0.642. The van der Waals surface area contributed by atoms with E-state index >= 15 is 0 Å². The van der Waals surface area contributed by atoms with Crippen molar-refractivity contribution < 1.29 is 23.4 Å². The fraction of sp³-hybridized carbons (Fsp3) is 0.235. The van der Waals surface area contributed by atoms with Crippen molar-refractivity contribution >= 4 is 17.3 Å². The maximum atomic E-state index is 12.2. The number of halogens is 2. The van der Waals surface area contributed by atoms with Gasteiger partial charge in [0.15, 0.2) is 0 Å². The summed E-state index contributed by atoms with van der Waals surface area (Å²) in [5, 5.41) is 14.9. The molecule has 5 nitrogen and oxygen atoms in total. The van der Waals surface area contributed by atoms with Gasteiger partial charge in [0.2, 0.25) is 0 Å². The van der Waals surface area contributed by atoms with Crippen LogP contribution >= 0.6 is 0 Å². The SMILES string of the molecule is CC(O)CNC(=O)c1ccccc1Nc1ccc(OC(F)F)cc1. The highest BCUT2D eigenvalue weighted by Gasteiger charge is 2.12. The standard InChI is InChI=1S/C17H18F2N2O3/c1-11(22)10-20-16(23)14-4-2-3-5-15(14)21-12-6-8-13(9-7-12)24-17(18)19/h2-9,11,17,21-22H,10H2,1H3,(H,20,23). The summed E-state index contributed by atoms with van der Waals surface area (Å²) < 4.78 is 28.6. The molecule has 0 bridgehead atoms. The molecular weight excluding hydrogens is 318 g/mol. The predicted octanol–water partition coefficient (Wildman–Crippen LogP) is 3.14. The van der Waals surface area contributed by atoms with E-state index in [-0.39, 0.29) is 18.2 Å². The highest BCUT2D eigenvalue weighted by molar-refractivity contribution is 6.00. The van der Waals surface area contributed by atoms with Gasteiger partial charge in [-0.2, -0.15) is 8.78 Å². The van der Waals surface area contributed by atoms with Crippen molar-refractivity contribution in [2.75, 3.05) is 11.9 Å². The number of rotatable bonds is 7. The molecule has 1 amide bonds. The zero-order chi connectivity index (χ0) is 17.5. The van der Waals surface area contributed by atoms with Crippen LogP contribution in [0.3, 0.4) is 0 Å². The molecule has 0 aliphatic heterocycles. The fourth-order valence-corrected chi connectivity index (χ4v) is 2.00. The van der Waals surface area contributed by atoms with Crippen LogP contribution in [0, 0.1) is 0 Å². The molecule has 0 aliphatic rings. The van der Waals surface area contributed by atoms with Crippen LogP contribution in [0.25, 0.3) is 0 Å². The molecule has 3 N–H and O–H groups in total.